The highest BCUT2D eigenvalue weighted by molar-refractivity contribution is 5.74. The molecule has 5 fully saturated rings. The summed E-state index contributed by atoms with van der Waals surface area (Å²) in [7, 11) is 0. The largest absolute Gasteiger partial charge is 0.392 e. The quantitative estimate of drug-likeness (QED) is 0.397. The zero-order valence-electron chi connectivity index (χ0n) is 22.0. The fraction of sp³-hybridized carbons (Fsp3) is 0.667. The van der Waals surface area contributed by atoms with E-state index in [0.29, 0.717) is 48.5 Å². The summed E-state index contributed by atoms with van der Waals surface area (Å²) in [5, 5.41) is 21.7. The van der Waals surface area contributed by atoms with Crippen LogP contribution in [0.15, 0.2) is 30.7 Å². The fourth-order valence-electron chi connectivity index (χ4n) is 9.25. The van der Waals surface area contributed by atoms with Gasteiger partial charge < -0.3 is 20.3 Å². The number of carbonyl (C=O) groups excluding carboxylic acids is 1. The molecule has 2 amide bonds. The summed E-state index contributed by atoms with van der Waals surface area (Å²) >= 11 is 0. The van der Waals surface area contributed by atoms with Crippen molar-refractivity contribution in [3.8, 4) is 11.3 Å². The van der Waals surface area contributed by atoms with Crippen molar-refractivity contribution in [1.29, 1.82) is 0 Å². The summed E-state index contributed by atoms with van der Waals surface area (Å²) in [4.78, 5) is 16.7. The highest BCUT2D eigenvalue weighted by Crippen LogP contribution is 2.62. The van der Waals surface area contributed by atoms with Crippen molar-refractivity contribution in [3.63, 3.8) is 0 Å². The maximum atomic E-state index is 15.0. The summed E-state index contributed by atoms with van der Waals surface area (Å²) in [6.45, 7) is 0.484. The number of rotatable bonds is 7. The summed E-state index contributed by atoms with van der Waals surface area (Å²) in [6.07, 6.45) is 14.9. The number of hydrogen-bond donors (Lipinski definition) is 4. The van der Waals surface area contributed by atoms with E-state index >= 15 is 0 Å². The Labute approximate surface area is 224 Å². The molecule has 0 saturated heterocycles. The molecule has 0 spiro atoms. The third-order valence-corrected chi connectivity index (χ3v) is 10.7. The Hall–Kier alpha value is -2.45. The van der Waals surface area contributed by atoms with Crippen molar-refractivity contribution >= 4 is 6.03 Å². The third kappa shape index (κ3) is 4.15. The molecule has 8 heteroatoms. The number of hydrogen-bond acceptors (Lipinski definition) is 4. The van der Waals surface area contributed by atoms with Crippen LogP contribution in [0.25, 0.3) is 11.3 Å². The molecule has 1 aromatic heterocycles. The number of aromatic nitrogens is 2. The van der Waals surface area contributed by atoms with Gasteiger partial charge in [-0.05, 0) is 80.6 Å². The number of urea groups is 1. The molecule has 0 radical (unpaired) electrons. The minimum Gasteiger partial charge on any atom is -0.392 e. The first-order valence-corrected chi connectivity index (χ1v) is 14.8. The van der Waals surface area contributed by atoms with Crippen molar-refractivity contribution in [2.45, 2.75) is 94.9 Å². The molecule has 7 nitrogen and oxygen atoms in total. The Bertz CT molecular complexity index is 1180. The number of aliphatic hydroxyl groups is 1. The predicted molar refractivity (Wildman–Crippen MR) is 143 cm³/mol. The first kappa shape index (κ1) is 24.6. The lowest BCUT2D eigenvalue weighted by Crippen LogP contribution is -2.62. The van der Waals surface area contributed by atoms with Gasteiger partial charge in [-0.1, -0.05) is 31.4 Å². The summed E-state index contributed by atoms with van der Waals surface area (Å²) < 4.78 is 17.0. The van der Waals surface area contributed by atoms with E-state index in [9.17, 15) is 14.3 Å². The van der Waals surface area contributed by atoms with Crippen LogP contribution in [0, 0.1) is 29.0 Å². The van der Waals surface area contributed by atoms with Crippen molar-refractivity contribution in [1.82, 2.24) is 25.5 Å². The number of amides is 2. The van der Waals surface area contributed by atoms with Gasteiger partial charge in [-0.15, -0.1) is 0 Å². The Morgan fingerprint density at radius 3 is 2.74 bits per heavy atom. The molecule has 5 aliphatic carbocycles. The fourth-order valence-corrected chi connectivity index (χ4v) is 9.25. The van der Waals surface area contributed by atoms with E-state index in [1.165, 1.54) is 38.2 Å². The molecule has 2 heterocycles. The molecule has 4 atom stereocenters. The third-order valence-electron chi connectivity index (χ3n) is 10.7. The molecule has 38 heavy (non-hydrogen) atoms. The molecule has 4 N–H and O–H groups in total. The van der Waals surface area contributed by atoms with Gasteiger partial charge in [-0.2, -0.15) is 0 Å². The molecule has 1 aliphatic heterocycles. The highest BCUT2D eigenvalue weighted by Gasteiger charge is 2.58. The van der Waals surface area contributed by atoms with Crippen LogP contribution >= 0.6 is 0 Å². The van der Waals surface area contributed by atoms with Gasteiger partial charge in [0.1, 0.15) is 5.82 Å². The standard InChI is InChI=1S/C30H40FN5O2/c31-23-8-4-7-22-25-15-32-17-36(25)24(27(22)23)11-26(37)30-12-18-9-19(13-30)28(20(10-18)14-30)33-16-34-29(38)35-21-5-2-1-3-6-21/h4,7-8,15,17-21,24,26,28,33,37H,1-3,5-6,9-14,16H2,(H2,34,35,38). The van der Waals surface area contributed by atoms with Crippen LogP contribution in [0.1, 0.15) is 82.2 Å². The average Bonchev–Trinajstić information content (AvgIpc) is 3.49. The molecule has 1 aromatic carbocycles. The number of nitrogens with zero attached hydrogens (tertiary/aromatic N) is 2. The first-order chi connectivity index (χ1) is 18.5. The smallest absolute Gasteiger partial charge is 0.316 e. The topological polar surface area (TPSA) is 91.2 Å². The van der Waals surface area contributed by atoms with Crippen molar-refractivity contribution in [3.05, 3.63) is 42.1 Å². The number of fused-ring (bicyclic) bond motifs is 3. The van der Waals surface area contributed by atoms with E-state index in [4.69, 9.17) is 0 Å². The number of imidazole rings is 1. The molecular weight excluding hydrogens is 481 g/mol. The summed E-state index contributed by atoms with van der Waals surface area (Å²) in [5.74, 6) is 1.48. The van der Waals surface area contributed by atoms with Gasteiger partial charge in [-0.3, -0.25) is 5.32 Å². The SMILES string of the molecule is O=C(NCNC1C2CC3CC1CC(C(O)CC1c4c(F)cccc4-c4cncn41)(C3)C2)NC1CCCCC1. The number of halogens is 1. The summed E-state index contributed by atoms with van der Waals surface area (Å²) in [5.41, 5.74) is 2.43. The van der Waals surface area contributed by atoms with E-state index < -0.39 is 6.10 Å². The Morgan fingerprint density at radius 2 is 1.95 bits per heavy atom. The number of carbonyl (C=O) groups is 1. The van der Waals surface area contributed by atoms with E-state index in [1.54, 1.807) is 18.6 Å². The second-order valence-corrected chi connectivity index (χ2v) is 12.9. The molecular formula is C30H40FN5O2. The monoisotopic (exact) mass is 521 g/mol. The number of benzene rings is 1. The lowest BCUT2D eigenvalue weighted by Gasteiger charge is -2.61. The second-order valence-electron chi connectivity index (χ2n) is 12.9. The van der Waals surface area contributed by atoms with Crippen molar-refractivity contribution < 1.29 is 14.3 Å². The molecule has 4 unspecified atom stereocenters. The average molecular weight is 522 g/mol. The number of nitrogens with one attached hydrogen (secondary N) is 3. The van der Waals surface area contributed by atoms with E-state index in [0.717, 1.165) is 43.4 Å². The van der Waals surface area contributed by atoms with Crippen LogP contribution < -0.4 is 16.0 Å². The zero-order valence-corrected chi connectivity index (χ0v) is 22.0. The Morgan fingerprint density at radius 1 is 1.16 bits per heavy atom. The van der Waals surface area contributed by atoms with Gasteiger partial charge in [0, 0.05) is 23.2 Å². The van der Waals surface area contributed by atoms with Gasteiger partial charge in [0.25, 0.3) is 0 Å². The van der Waals surface area contributed by atoms with E-state index in [2.05, 4.69) is 20.9 Å². The minimum atomic E-state index is -0.484. The first-order valence-electron chi connectivity index (χ1n) is 14.8. The second kappa shape index (κ2) is 9.63. The lowest BCUT2D eigenvalue weighted by atomic mass is 9.46. The van der Waals surface area contributed by atoms with Crippen molar-refractivity contribution in [2.24, 2.45) is 23.2 Å². The molecule has 2 aromatic rings. The normalized spacial score (nSPS) is 34.1. The van der Waals surface area contributed by atoms with Crippen LogP contribution in [-0.4, -0.2) is 45.5 Å². The van der Waals surface area contributed by atoms with E-state index in [-0.39, 0.29) is 23.3 Å². The lowest BCUT2D eigenvalue weighted by molar-refractivity contribution is -0.137. The van der Waals surface area contributed by atoms with Crippen LogP contribution in [0.5, 0.6) is 0 Å². The molecule has 8 rings (SSSR count). The summed E-state index contributed by atoms with van der Waals surface area (Å²) in [6, 6.07) is 5.66. The molecule has 204 valence electrons. The molecule has 5 saturated carbocycles. The highest BCUT2D eigenvalue weighted by atomic mass is 19.1. The van der Waals surface area contributed by atoms with Gasteiger partial charge in [0.05, 0.1) is 37.0 Å². The van der Waals surface area contributed by atoms with Crippen LogP contribution in [0.2, 0.25) is 0 Å². The zero-order chi connectivity index (χ0) is 25.9. The molecule has 6 aliphatic rings. The van der Waals surface area contributed by atoms with E-state index in [1.807, 2.05) is 10.6 Å². The van der Waals surface area contributed by atoms with Gasteiger partial charge in [-0.25, -0.2) is 14.2 Å². The molecule has 4 bridgehead atoms. The van der Waals surface area contributed by atoms with Gasteiger partial charge >= 0.3 is 6.03 Å². The van der Waals surface area contributed by atoms with Gasteiger partial charge in [0.15, 0.2) is 0 Å². The maximum absolute atomic E-state index is 15.0. The predicted octanol–water partition coefficient (Wildman–Crippen LogP) is 4.72. The van der Waals surface area contributed by atoms with Crippen LogP contribution in [0.3, 0.4) is 0 Å². The van der Waals surface area contributed by atoms with Crippen LogP contribution in [0.4, 0.5) is 9.18 Å². The van der Waals surface area contributed by atoms with Crippen LogP contribution in [-0.2, 0) is 0 Å². The Kier molecular flexibility index (Phi) is 6.23. The maximum Gasteiger partial charge on any atom is 0.316 e. The van der Waals surface area contributed by atoms with Gasteiger partial charge in [0.2, 0.25) is 0 Å². The van der Waals surface area contributed by atoms with Crippen molar-refractivity contribution in [2.75, 3.05) is 6.67 Å². The minimum absolute atomic E-state index is 0.0666. The Balaban J connectivity index is 1.00. The number of aliphatic hydroxyl groups excluding tert-OH is 1.